The fraction of sp³-hybridized carbons (Fsp3) is 0.333. The van der Waals surface area contributed by atoms with E-state index in [1.807, 2.05) is 26.0 Å². The minimum absolute atomic E-state index is 0.169. The van der Waals surface area contributed by atoms with Gasteiger partial charge in [0.25, 0.3) is 11.8 Å². The molecule has 2 aromatic carbocycles. The molecule has 0 unspecified atom stereocenters. The summed E-state index contributed by atoms with van der Waals surface area (Å²) in [5.41, 5.74) is 15.5. The number of primary amides is 2. The van der Waals surface area contributed by atoms with E-state index in [0.717, 1.165) is 0 Å². The Kier molecular flexibility index (Phi) is 11.0. The zero-order valence-electron chi connectivity index (χ0n) is 32.7. The minimum Gasteiger partial charge on any atom is -0.494 e. The highest BCUT2D eigenvalue weighted by atomic mass is 16.5. The molecule has 6 N–H and O–H groups in total. The van der Waals surface area contributed by atoms with Gasteiger partial charge in [-0.25, -0.2) is 9.97 Å². The topological polar surface area (TPSA) is 243 Å². The summed E-state index contributed by atoms with van der Waals surface area (Å²) < 4.78 is 24.0. The first-order chi connectivity index (χ1) is 27.9. The molecule has 1 aliphatic rings. The number of carbonyl (C=O) groups is 4. The van der Waals surface area contributed by atoms with Gasteiger partial charge in [0.05, 0.1) is 49.4 Å². The van der Waals surface area contributed by atoms with E-state index in [0.29, 0.717) is 89.3 Å². The number of rotatable bonds is 16. The van der Waals surface area contributed by atoms with Crippen LogP contribution in [0.1, 0.15) is 66.9 Å². The normalized spacial score (nSPS) is 13.0. The number of imidazole rings is 2. The molecule has 58 heavy (non-hydrogen) atoms. The van der Waals surface area contributed by atoms with Crippen LogP contribution in [0.3, 0.4) is 0 Å². The van der Waals surface area contributed by atoms with Crippen molar-refractivity contribution in [2.75, 3.05) is 37.6 Å². The van der Waals surface area contributed by atoms with Gasteiger partial charge in [-0.3, -0.25) is 39.2 Å². The second-order valence-electron chi connectivity index (χ2n) is 13.8. The van der Waals surface area contributed by atoms with Crippen LogP contribution in [0.25, 0.3) is 22.1 Å². The highest BCUT2D eigenvalue weighted by Gasteiger charge is 2.25. The van der Waals surface area contributed by atoms with Crippen LogP contribution in [0.2, 0.25) is 0 Å². The lowest BCUT2D eigenvalue weighted by atomic mass is 10.1. The van der Waals surface area contributed by atoms with E-state index in [4.69, 9.17) is 30.7 Å². The lowest BCUT2D eigenvalue weighted by molar-refractivity contribution is -0.0506. The van der Waals surface area contributed by atoms with Crippen molar-refractivity contribution in [3.05, 3.63) is 82.5 Å². The van der Waals surface area contributed by atoms with E-state index in [2.05, 4.69) is 25.8 Å². The quantitative estimate of drug-likeness (QED) is 0.104. The molecule has 0 spiro atoms. The summed E-state index contributed by atoms with van der Waals surface area (Å²) in [5, 5.41) is 14.6. The number of hydrogen-bond donors (Lipinski definition) is 4. The Bertz CT molecular complexity index is 2610. The number of amides is 4. The summed E-state index contributed by atoms with van der Waals surface area (Å²) in [6.45, 7) is 10.1. The molecular weight excluding hydrogens is 749 g/mol. The zero-order valence-corrected chi connectivity index (χ0v) is 32.7. The molecule has 1 fully saturated rings. The lowest BCUT2D eigenvalue weighted by Gasteiger charge is -2.26. The van der Waals surface area contributed by atoms with Crippen LogP contribution in [0.4, 0.5) is 11.9 Å². The Hall–Kier alpha value is -7.02. The molecule has 4 aromatic heterocycles. The number of hydrogen-bond acceptors (Lipinski definition) is 11. The smallest absolute Gasteiger partial charge is 0.276 e. The third-order valence-corrected chi connectivity index (χ3v) is 9.65. The van der Waals surface area contributed by atoms with Crippen LogP contribution in [0.5, 0.6) is 11.5 Å². The maximum atomic E-state index is 13.7. The molecule has 7 rings (SSSR count). The van der Waals surface area contributed by atoms with E-state index in [-0.39, 0.29) is 42.0 Å². The molecule has 0 atom stereocenters. The van der Waals surface area contributed by atoms with Crippen LogP contribution in [-0.4, -0.2) is 89.2 Å². The average molecular weight is 793 g/mol. The molecule has 0 radical (unpaired) electrons. The fourth-order valence-electron chi connectivity index (χ4n) is 6.77. The molecule has 302 valence electrons. The molecular formula is C39H44N12O7. The minimum atomic E-state index is -0.667. The van der Waals surface area contributed by atoms with Crippen LogP contribution in [0.15, 0.2) is 48.6 Å². The number of allylic oxidation sites excluding steroid dienone is 2. The van der Waals surface area contributed by atoms with Crippen molar-refractivity contribution in [3.8, 4) is 11.5 Å². The number of aromatic nitrogens is 8. The van der Waals surface area contributed by atoms with Crippen molar-refractivity contribution in [1.29, 1.82) is 0 Å². The molecule has 19 nitrogen and oxygen atoms in total. The third kappa shape index (κ3) is 7.70. The number of nitrogens with zero attached hydrogens (tertiary/aromatic N) is 8. The van der Waals surface area contributed by atoms with Gasteiger partial charge in [-0.2, -0.15) is 10.2 Å². The molecule has 0 bridgehead atoms. The van der Waals surface area contributed by atoms with Gasteiger partial charge < -0.3 is 34.8 Å². The standard InChI is InChI=1S/C39H44N12O7/c1-6-50-28(12-21(3)46-50)36(54)44-38-42-26-14-24(34(40)52)16-30(56-5)32(26)48(38)10-8-9-11-49-33-27(15-25(35(41)53)17-31(33)58-20-23-18-57-19-23)43-39(49)45-37(55)29-13-22(4)47-51(29)7-2/h8-9,12-17,23H,6-7,10-11,18-20H2,1-5H3,(H2,40,52)(H2,41,53)(H,42,44,54)(H,43,45,55)/b9-8+. The van der Waals surface area contributed by atoms with E-state index in [1.54, 1.807) is 56.6 Å². The highest BCUT2D eigenvalue weighted by molar-refractivity contribution is 6.05. The summed E-state index contributed by atoms with van der Waals surface area (Å²) in [4.78, 5) is 61.4. The summed E-state index contributed by atoms with van der Waals surface area (Å²) >= 11 is 0. The van der Waals surface area contributed by atoms with E-state index in [9.17, 15) is 19.2 Å². The molecule has 1 saturated heterocycles. The van der Waals surface area contributed by atoms with Crippen molar-refractivity contribution >= 4 is 57.6 Å². The maximum absolute atomic E-state index is 13.7. The number of benzene rings is 2. The highest BCUT2D eigenvalue weighted by Crippen LogP contribution is 2.33. The number of ether oxygens (including phenoxy) is 3. The molecule has 0 saturated carbocycles. The predicted octanol–water partition coefficient (Wildman–Crippen LogP) is 3.43. The number of nitrogens with one attached hydrogen (secondary N) is 2. The second-order valence-corrected chi connectivity index (χ2v) is 13.8. The van der Waals surface area contributed by atoms with Crippen LogP contribution in [0, 0.1) is 19.8 Å². The summed E-state index contributed by atoms with van der Waals surface area (Å²) in [6, 6.07) is 9.55. The number of aryl methyl sites for hydroxylation is 4. The summed E-state index contributed by atoms with van der Waals surface area (Å²) in [5.74, 6) is -0.975. The fourth-order valence-corrected chi connectivity index (χ4v) is 6.77. The van der Waals surface area contributed by atoms with E-state index >= 15 is 0 Å². The first kappa shape index (κ1) is 39.2. The van der Waals surface area contributed by atoms with Gasteiger partial charge in [0.2, 0.25) is 23.7 Å². The first-order valence-electron chi connectivity index (χ1n) is 18.7. The monoisotopic (exact) mass is 792 g/mol. The predicted molar refractivity (Wildman–Crippen MR) is 213 cm³/mol. The van der Waals surface area contributed by atoms with Gasteiger partial charge in [-0.05, 0) is 64.1 Å². The van der Waals surface area contributed by atoms with Gasteiger partial charge in [0.15, 0.2) is 0 Å². The number of anilines is 2. The van der Waals surface area contributed by atoms with Gasteiger partial charge in [-0.1, -0.05) is 12.2 Å². The Morgan fingerprint density at radius 3 is 1.64 bits per heavy atom. The van der Waals surface area contributed by atoms with Gasteiger partial charge in [0.1, 0.15) is 33.9 Å². The van der Waals surface area contributed by atoms with Crippen molar-refractivity contribution in [2.24, 2.45) is 17.4 Å². The SMILES string of the molecule is CCn1nc(C)cc1C(=O)Nc1nc2cc(C(N)=O)cc(OC)c2n1C/C=C/Cn1c(NC(=O)c2cc(C)nn2CC)nc2cc(C(N)=O)cc(OCC3COC3)c21. The third-order valence-electron chi connectivity index (χ3n) is 9.65. The van der Waals surface area contributed by atoms with Crippen molar-refractivity contribution in [1.82, 2.24) is 38.7 Å². The largest absolute Gasteiger partial charge is 0.494 e. The Labute approximate surface area is 331 Å². The van der Waals surface area contributed by atoms with Gasteiger partial charge >= 0.3 is 0 Å². The Morgan fingerprint density at radius 1 is 0.759 bits per heavy atom. The van der Waals surface area contributed by atoms with Crippen molar-refractivity contribution in [2.45, 2.75) is 53.9 Å². The molecule has 19 heteroatoms. The van der Waals surface area contributed by atoms with E-state index < -0.39 is 23.6 Å². The molecule has 5 heterocycles. The molecule has 0 aliphatic carbocycles. The number of fused-ring (bicyclic) bond motifs is 2. The average Bonchev–Trinajstić information content (AvgIpc) is 3.94. The summed E-state index contributed by atoms with van der Waals surface area (Å²) in [6.07, 6.45) is 3.69. The Balaban J connectivity index is 1.28. The van der Waals surface area contributed by atoms with Gasteiger partial charge in [0, 0.05) is 43.2 Å². The van der Waals surface area contributed by atoms with E-state index in [1.165, 1.54) is 19.2 Å². The lowest BCUT2D eigenvalue weighted by Crippen LogP contribution is -2.32. The van der Waals surface area contributed by atoms with Gasteiger partial charge in [-0.15, -0.1) is 0 Å². The molecule has 4 amide bonds. The second kappa shape index (κ2) is 16.2. The van der Waals surface area contributed by atoms with Crippen molar-refractivity contribution in [3.63, 3.8) is 0 Å². The van der Waals surface area contributed by atoms with Crippen LogP contribution >= 0.6 is 0 Å². The number of nitrogens with two attached hydrogens (primary N) is 2. The maximum Gasteiger partial charge on any atom is 0.276 e. The number of carbonyl (C=O) groups excluding carboxylic acids is 4. The Morgan fingerprint density at radius 2 is 1.22 bits per heavy atom. The van der Waals surface area contributed by atoms with Crippen molar-refractivity contribution < 1.29 is 33.4 Å². The zero-order chi connectivity index (χ0) is 41.2. The first-order valence-corrected chi connectivity index (χ1v) is 18.7. The summed E-state index contributed by atoms with van der Waals surface area (Å²) in [7, 11) is 1.46. The number of methoxy groups -OCH3 is 1. The van der Waals surface area contributed by atoms with Crippen LogP contribution in [-0.2, 0) is 30.9 Å². The molecule has 6 aromatic rings. The molecule has 1 aliphatic heterocycles. The van der Waals surface area contributed by atoms with Crippen LogP contribution < -0.4 is 31.6 Å².